The molecule has 3 nitrogen and oxygen atoms in total. The van der Waals surface area contributed by atoms with Gasteiger partial charge in [0.1, 0.15) is 6.10 Å². The largest absolute Gasteiger partial charge is 0.395 e. The van der Waals surface area contributed by atoms with E-state index in [9.17, 15) is 5.21 Å². The lowest BCUT2D eigenvalue weighted by atomic mass is 10.1. The molecule has 1 atom stereocenters. The van der Waals surface area contributed by atoms with E-state index >= 15 is 0 Å². The van der Waals surface area contributed by atoms with Gasteiger partial charge in [0, 0.05) is 16.8 Å². The summed E-state index contributed by atoms with van der Waals surface area (Å²) in [6.07, 6.45) is 0.482. The Balaban J connectivity index is 2.16. The number of hydrogen-bond donors (Lipinski definition) is 0. The molecule has 0 aliphatic carbocycles. The summed E-state index contributed by atoms with van der Waals surface area (Å²) in [7, 11) is 0. The number of nitrogens with zero attached hydrogens (tertiary/aromatic N) is 1. The van der Waals surface area contributed by atoms with E-state index in [1.807, 2.05) is 12.1 Å². The van der Waals surface area contributed by atoms with Gasteiger partial charge >= 0.3 is 0 Å². The second kappa shape index (κ2) is 3.50. The fourth-order valence-corrected chi connectivity index (χ4v) is 1.57. The zero-order chi connectivity index (χ0) is 10.1. The molecule has 1 aliphatic rings. The highest BCUT2D eigenvalue weighted by atomic mass is 35.5. The lowest BCUT2D eigenvalue weighted by molar-refractivity contribution is -0.743. The number of rotatable bonds is 1. The van der Waals surface area contributed by atoms with Crippen LogP contribution in [0.3, 0.4) is 0 Å². The van der Waals surface area contributed by atoms with Crippen LogP contribution in [0.5, 0.6) is 0 Å². The first-order chi connectivity index (χ1) is 6.66. The van der Waals surface area contributed by atoms with Gasteiger partial charge in [-0.05, 0) is 17.7 Å². The van der Waals surface area contributed by atoms with Crippen LogP contribution in [0.15, 0.2) is 24.3 Å². The molecule has 1 heterocycles. The van der Waals surface area contributed by atoms with Crippen LogP contribution in [0.2, 0.25) is 5.02 Å². The topological polar surface area (TPSA) is 35.3 Å². The Labute approximate surface area is 87.1 Å². The summed E-state index contributed by atoms with van der Waals surface area (Å²) < 4.78 is 0. The standard InChI is InChI=1S/C10H10ClNO2/c1-7-6-10(14-12(7)13)8-2-4-9(11)5-3-8/h2-5,10H,6H2,1H3. The van der Waals surface area contributed by atoms with Crippen molar-refractivity contribution in [1.29, 1.82) is 0 Å². The molecule has 0 saturated carbocycles. The van der Waals surface area contributed by atoms with Crippen LogP contribution in [0.25, 0.3) is 0 Å². The van der Waals surface area contributed by atoms with Crippen LogP contribution < -0.4 is 0 Å². The van der Waals surface area contributed by atoms with Crippen molar-refractivity contribution < 1.29 is 9.74 Å². The van der Waals surface area contributed by atoms with E-state index in [2.05, 4.69) is 0 Å². The molecule has 2 rings (SSSR count). The molecule has 0 aromatic heterocycles. The first kappa shape index (κ1) is 9.34. The highest BCUT2D eigenvalue weighted by Crippen LogP contribution is 2.27. The lowest BCUT2D eigenvalue weighted by Gasteiger charge is -2.11. The smallest absolute Gasteiger partial charge is 0.220 e. The Bertz CT molecular complexity index is 358. The summed E-state index contributed by atoms with van der Waals surface area (Å²) in [4.78, 5) is 5.68. The van der Waals surface area contributed by atoms with Crippen molar-refractivity contribution in [1.82, 2.24) is 0 Å². The van der Waals surface area contributed by atoms with Crippen molar-refractivity contribution in [2.45, 2.75) is 19.4 Å². The third-order valence-corrected chi connectivity index (χ3v) is 2.51. The molecule has 74 valence electrons. The maximum atomic E-state index is 11.1. The van der Waals surface area contributed by atoms with Gasteiger partial charge in [-0.1, -0.05) is 23.7 Å². The SMILES string of the molecule is CC1=[N+]([O-])OC(c2ccc(Cl)cc2)C1. The summed E-state index contributed by atoms with van der Waals surface area (Å²) in [5, 5.41) is 11.7. The second-order valence-corrected chi connectivity index (χ2v) is 3.78. The summed E-state index contributed by atoms with van der Waals surface area (Å²) in [6.45, 7) is 1.77. The number of halogens is 1. The molecule has 4 heteroatoms. The molecule has 1 aromatic carbocycles. The Morgan fingerprint density at radius 1 is 1.43 bits per heavy atom. The highest BCUT2D eigenvalue weighted by Gasteiger charge is 2.25. The third-order valence-electron chi connectivity index (χ3n) is 2.26. The molecule has 0 radical (unpaired) electrons. The Kier molecular flexibility index (Phi) is 2.33. The van der Waals surface area contributed by atoms with Crippen molar-refractivity contribution in [3.63, 3.8) is 0 Å². The maximum absolute atomic E-state index is 11.1. The van der Waals surface area contributed by atoms with Crippen LogP contribution in [0.4, 0.5) is 0 Å². The monoisotopic (exact) mass is 211 g/mol. The zero-order valence-corrected chi connectivity index (χ0v) is 8.49. The molecule has 1 aromatic rings. The fourth-order valence-electron chi connectivity index (χ4n) is 1.44. The molecular weight excluding hydrogens is 202 g/mol. The van der Waals surface area contributed by atoms with Crippen molar-refractivity contribution in [2.24, 2.45) is 0 Å². The Hall–Kier alpha value is -1.22. The first-order valence-electron chi connectivity index (χ1n) is 4.39. The number of benzene rings is 1. The van der Waals surface area contributed by atoms with Crippen LogP contribution >= 0.6 is 11.6 Å². The summed E-state index contributed by atoms with van der Waals surface area (Å²) in [6, 6.07) is 7.34. The predicted octanol–water partition coefficient (Wildman–Crippen LogP) is 2.69. The van der Waals surface area contributed by atoms with Gasteiger partial charge in [0.05, 0.1) is 6.42 Å². The van der Waals surface area contributed by atoms with Crippen molar-refractivity contribution in [2.75, 3.05) is 0 Å². The Morgan fingerprint density at radius 3 is 2.57 bits per heavy atom. The van der Waals surface area contributed by atoms with Gasteiger partial charge in [-0.3, -0.25) is 5.21 Å². The molecule has 0 bridgehead atoms. The molecule has 1 aliphatic heterocycles. The van der Waals surface area contributed by atoms with Gasteiger partial charge in [0.25, 0.3) is 0 Å². The van der Waals surface area contributed by atoms with Gasteiger partial charge in [-0.25, -0.2) is 0 Å². The van der Waals surface area contributed by atoms with Crippen LogP contribution in [0, 0.1) is 5.21 Å². The van der Waals surface area contributed by atoms with Crippen LogP contribution in [0.1, 0.15) is 25.0 Å². The zero-order valence-electron chi connectivity index (χ0n) is 7.74. The van der Waals surface area contributed by atoms with E-state index in [0.29, 0.717) is 22.1 Å². The minimum Gasteiger partial charge on any atom is -0.395 e. The summed E-state index contributed by atoms with van der Waals surface area (Å²) in [5.74, 6) is 0. The van der Waals surface area contributed by atoms with Crippen molar-refractivity contribution >= 4 is 17.3 Å². The quantitative estimate of drug-likeness (QED) is 0.670. The molecule has 0 N–H and O–H groups in total. The molecule has 0 fully saturated rings. The molecule has 0 spiro atoms. The maximum Gasteiger partial charge on any atom is 0.220 e. The fraction of sp³-hybridized carbons (Fsp3) is 0.300. The second-order valence-electron chi connectivity index (χ2n) is 3.34. The summed E-state index contributed by atoms with van der Waals surface area (Å²) in [5.41, 5.74) is 1.68. The van der Waals surface area contributed by atoms with Gasteiger partial charge in [-0.15, -0.1) is 0 Å². The van der Waals surface area contributed by atoms with E-state index in [1.165, 1.54) is 0 Å². The van der Waals surface area contributed by atoms with E-state index in [1.54, 1.807) is 19.1 Å². The van der Waals surface area contributed by atoms with E-state index in [0.717, 1.165) is 5.56 Å². The number of hydrogen-bond acceptors (Lipinski definition) is 2. The van der Waals surface area contributed by atoms with Gasteiger partial charge in [-0.2, -0.15) is 0 Å². The first-order valence-corrected chi connectivity index (χ1v) is 4.76. The molecule has 0 saturated heterocycles. The van der Waals surface area contributed by atoms with E-state index < -0.39 is 0 Å². The van der Waals surface area contributed by atoms with Crippen molar-refractivity contribution in [3.8, 4) is 0 Å². The van der Waals surface area contributed by atoms with E-state index in [4.69, 9.17) is 16.4 Å². The predicted molar refractivity (Wildman–Crippen MR) is 54.2 cm³/mol. The van der Waals surface area contributed by atoms with Gasteiger partial charge < -0.3 is 4.84 Å². The average molecular weight is 212 g/mol. The molecule has 1 unspecified atom stereocenters. The van der Waals surface area contributed by atoms with Gasteiger partial charge in [0.15, 0.2) is 0 Å². The van der Waals surface area contributed by atoms with Crippen LogP contribution in [-0.2, 0) is 4.84 Å². The average Bonchev–Trinajstić information content (AvgIpc) is 2.48. The molecular formula is C10H10ClNO2. The normalized spacial score (nSPS) is 21.1. The van der Waals surface area contributed by atoms with Crippen LogP contribution in [-0.4, -0.2) is 10.6 Å². The minimum absolute atomic E-state index is 0.162. The lowest BCUT2D eigenvalue weighted by Crippen LogP contribution is -2.02. The molecule has 14 heavy (non-hydrogen) atoms. The summed E-state index contributed by atoms with van der Waals surface area (Å²) >= 11 is 5.76. The molecule has 0 amide bonds. The minimum atomic E-state index is -0.162. The third kappa shape index (κ3) is 1.68. The Morgan fingerprint density at radius 2 is 2.07 bits per heavy atom. The van der Waals surface area contributed by atoms with Crippen molar-refractivity contribution in [3.05, 3.63) is 40.1 Å². The van der Waals surface area contributed by atoms with Gasteiger partial charge in [0.2, 0.25) is 5.71 Å². The highest BCUT2D eigenvalue weighted by molar-refractivity contribution is 6.30. The van der Waals surface area contributed by atoms with E-state index in [-0.39, 0.29) is 6.10 Å².